The minimum atomic E-state index is -0.712. The minimum absolute atomic E-state index is 0.193. The zero-order valence-corrected chi connectivity index (χ0v) is 12.0. The van der Waals surface area contributed by atoms with Crippen molar-refractivity contribution in [1.82, 2.24) is 15.5 Å². The lowest BCUT2D eigenvalue weighted by Gasteiger charge is -2.29. The van der Waals surface area contributed by atoms with Crippen molar-refractivity contribution >= 4 is 17.7 Å². The van der Waals surface area contributed by atoms with E-state index in [4.69, 9.17) is 10.2 Å². The van der Waals surface area contributed by atoms with Crippen LogP contribution in [0.1, 0.15) is 33.1 Å². The molecule has 1 heterocycles. The van der Waals surface area contributed by atoms with Crippen molar-refractivity contribution in [3.8, 4) is 0 Å². The Hall–Kier alpha value is -1.08. The van der Waals surface area contributed by atoms with Gasteiger partial charge in [-0.3, -0.25) is 4.79 Å². The van der Waals surface area contributed by atoms with Crippen LogP contribution in [0.25, 0.3) is 0 Å². The molecule has 1 amide bonds. The number of nitrogens with two attached hydrogens (primary N) is 1. The van der Waals surface area contributed by atoms with E-state index in [0.29, 0.717) is 23.3 Å². The molecule has 0 spiro atoms. The quantitative estimate of drug-likeness (QED) is 0.722. The number of nitrogens with zero attached hydrogens (tertiary/aromatic N) is 2. The number of amides is 1. The van der Waals surface area contributed by atoms with Crippen LogP contribution in [-0.4, -0.2) is 33.4 Å². The van der Waals surface area contributed by atoms with Crippen LogP contribution < -0.4 is 11.1 Å². The second-order valence-corrected chi connectivity index (χ2v) is 5.73. The Morgan fingerprint density at radius 3 is 2.67 bits per heavy atom. The fourth-order valence-electron chi connectivity index (χ4n) is 1.58. The lowest BCUT2D eigenvalue weighted by Crippen LogP contribution is -2.55. The lowest BCUT2D eigenvalue weighted by molar-refractivity contribution is -0.124. The van der Waals surface area contributed by atoms with E-state index in [1.54, 1.807) is 6.92 Å². The van der Waals surface area contributed by atoms with Crippen molar-refractivity contribution in [3.63, 3.8) is 0 Å². The van der Waals surface area contributed by atoms with Gasteiger partial charge in [-0.05, 0) is 27.2 Å². The molecule has 0 fully saturated rings. The second kappa shape index (κ2) is 6.19. The maximum Gasteiger partial charge on any atom is 0.276 e. The predicted octanol–water partition coefficient (Wildman–Crippen LogP) is 1.10. The molecule has 0 bridgehead atoms. The van der Waals surface area contributed by atoms with Crippen LogP contribution in [0, 0.1) is 6.92 Å². The molecule has 7 heteroatoms. The summed E-state index contributed by atoms with van der Waals surface area (Å²) in [5.41, 5.74) is 4.73. The number of hydrogen-bond acceptors (Lipinski definition) is 6. The number of aryl methyl sites for hydroxylation is 1. The van der Waals surface area contributed by atoms with Crippen molar-refractivity contribution < 1.29 is 9.21 Å². The molecule has 0 aliphatic heterocycles. The van der Waals surface area contributed by atoms with Gasteiger partial charge in [0.15, 0.2) is 0 Å². The van der Waals surface area contributed by atoms with Gasteiger partial charge in [0, 0.05) is 18.7 Å². The summed E-state index contributed by atoms with van der Waals surface area (Å²) in [6, 6.07) is 0.193. The summed E-state index contributed by atoms with van der Waals surface area (Å²) < 4.78 is 5.24. The van der Waals surface area contributed by atoms with Crippen LogP contribution in [0.2, 0.25) is 0 Å². The molecule has 102 valence electrons. The van der Waals surface area contributed by atoms with Crippen LogP contribution >= 0.6 is 11.8 Å². The van der Waals surface area contributed by atoms with Gasteiger partial charge in [0.25, 0.3) is 5.22 Å². The molecule has 3 N–H and O–H groups in total. The molecule has 6 nitrogen and oxygen atoms in total. The number of hydrogen-bond donors (Lipinski definition) is 2. The maximum atomic E-state index is 11.5. The summed E-state index contributed by atoms with van der Waals surface area (Å²) in [4.78, 5) is 11.5. The molecular weight excluding hydrogens is 252 g/mol. The molecule has 1 aromatic rings. The zero-order valence-electron chi connectivity index (χ0n) is 11.2. The molecule has 0 radical (unpaired) electrons. The number of carbonyl (C=O) groups is 1. The molecule has 1 rings (SSSR count). The van der Waals surface area contributed by atoms with Gasteiger partial charge in [0.05, 0.1) is 5.54 Å². The average Bonchev–Trinajstić information content (AvgIpc) is 2.63. The average molecular weight is 272 g/mol. The largest absolute Gasteiger partial charge is 0.416 e. The van der Waals surface area contributed by atoms with Gasteiger partial charge < -0.3 is 15.5 Å². The summed E-state index contributed by atoms with van der Waals surface area (Å²) in [5.74, 6) is 0.870. The second-order valence-electron chi connectivity index (χ2n) is 4.68. The zero-order chi connectivity index (χ0) is 13.8. The standard InChI is InChI=1S/C11H20N4O2S/c1-7(2)13-11(4,9(12)16)5-6-18-10-15-14-8(3)17-10/h7,13H,5-6H2,1-4H3,(H2,12,16). The third-order valence-corrected chi connectivity index (χ3v) is 3.31. The molecule has 1 aromatic heterocycles. The van der Waals surface area contributed by atoms with E-state index in [9.17, 15) is 4.79 Å². The van der Waals surface area contributed by atoms with Gasteiger partial charge in [0.2, 0.25) is 11.8 Å². The van der Waals surface area contributed by atoms with Crippen molar-refractivity contribution in [2.45, 2.75) is 50.9 Å². The van der Waals surface area contributed by atoms with Crippen molar-refractivity contribution in [2.24, 2.45) is 5.73 Å². The Bertz CT molecular complexity index is 408. The molecule has 18 heavy (non-hydrogen) atoms. The third-order valence-electron chi connectivity index (χ3n) is 2.49. The number of rotatable bonds is 7. The summed E-state index contributed by atoms with van der Waals surface area (Å²) >= 11 is 1.42. The Morgan fingerprint density at radius 1 is 1.56 bits per heavy atom. The van der Waals surface area contributed by atoms with E-state index in [1.807, 2.05) is 20.8 Å². The monoisotopic (exact) mass is 272 g/mol. The molecule has 0 saturated carbocycles. The SMILES string of the molecule is Cc1nnc(SCCC(C)(NC(C)C)C(N)=O)o1. The van der Waals surface area contributed by atoms with Crippen molar-refractivity contribution in [1.29, 1.82) is 0 Å². The van der Waals surface area contributed by atoms with Gasteiger partial charge >= 0.3 is 0 Å². The number of nitrogens with one attached hydrogen (secondary N) is 1. The fourth-order valence-corrected chi connectivity index (χ4v) is 2.55. The Morgan fingerprint density at radius 2 is 2.22 bits per heavy atom. The third kappa shape index (κ3) is 4.30. The summed E-state index contributed by atoms with van der Waals surface area (Å²) in [6.07, 6.45) is 0.604. The van der Waals surface area contributed by atoms with Crippen LogP contribution in [0.3, 0.4) is 0 Å². The molecule has 0 aliphatic carbocycles. The smallest absolute Gasteiger partial charge is 0.276 e. The minimum Gasteiger partial charge on any atom is -0.416 e. The van der Waals surface area contributed by atoms with E-state index in [-0.39, 0.29) is 11.9 Å². The molecule has 0 aliphatic rings. The Balaban J connectivity index is 2.50. The molecule has 1 atom stereocenters. The highest BCUT2D eigenvalue weighted by molar-refractivity contribution is 7.99. The molecule has 0 saturated heterocycles. The Labute approximate surface area is 111 Å². The van der Waals surface area contributed by atoms with Crippen molar-refractivity contribution in [3.05, 3.63) is 5.89 Å². The first-order valence-corrected chi connectivity index (χ1v) is 6.82. The molecular formula is C11H20N4O2S. The number of carbonyl (C=O) groups excluding carboxylic acids is 1. The highest BCUT2D eigenvalue weighted by Crippen LogP contribution is 2.21. The fraction of sp³-hybridized carbons (Fsp3) is 0.727. The van der Waals surface area contributed by atoms with Crippen LogP contribution in [-0.2, 0) is 4.79 Å². The van der Waals surface area contributed by atoms with Gasteiger partial charge in [-0.25, -0.2) is 0 Å². The highest BCUT2D eigenvalue weighted by Gasteiger charge is 2.31. The number of thioether (sulfide) groups is 1. The summed E-state index contributed by atoms with van der Waals surface area (Å²) in [5, 5.41) is 11.3. The normalized spacial score (nSPS) is 14.7. The van der Waals surface area contributed by atoms with Gasteiger partial charge in [-0.15, -0.1) is 10.2 Å². The van der Waals surface area contributed by atoms with Crippen LogP contribution in [0.15, 0.2) is 9.64 Å². The summed E-state index contributed by atoms with van der Waals surface area (Å²) in [6.45, 7) is 7.52. The van der Waals surface area contributed by atoms with Gasteiger partial charge in [0.1, 0.15) is 0 Å². The topological polar surface area (TPSA) is 94.0 Å². The Kier molecular flexibility index (Phi) is 5.15. The van der Waals surface area contributed by atoms with Crippen LogP contribution in [0.5, 0.6) is 0 Å². The summed E-state index contributed by atoms with van der Waals surface area (Å²) in [7, 11) is 0. The molecule has 0 aromatic carbocycles. The number of primary amides is 1. The number of aromatic nitrogens is 2. The maximum absolute atomic E-state index is 11.5. The van der Waals surface area contributed by atoms with Crippen molar-refractivity contribution in [2.75, 3.05) is 5.75 Å². The van der Waals surface area contributed by atoms with Gasteiger partial charge in [-0.1, -0.05) is 11.8 Å². The van der Waals surface area contributed by atoms with E-state index in [1.165, 1.54) is 11.8 Å². The van der Waals surface area contributed by atoms with E-state index in [0.717, 1.165) is 0 Å². The first kappa shape index (κ1) is 15.0. The highest BCUT2D eigenvalue weighted by atomic mass is 32.2. The first-order valence-electron chi connectivity index (χ1n) is 5.84. The lowest BCUT2D eigenvalue weighted by atomic mass is 9.97. The van der Waals surface area contributed by atoms with E-state index in [2.05, 4.69) is 15.5 Å². The van der Waals surface area contributed by atoms with Crippen LogP contribution in [0.4, 0.5) is 0 Å². The van der Waals surface area contributed by atoms with Gasteiger partial charge in [-0.2, -0.15) is 0 Å². The molecule has 1 unspecified atom stereocenters. The van der Waals surface area contributed by atoms with E-state index < -0.39 is 5.54 Å². The predicted molar refractivity (Wildman–Crippen MR) is 70.2 cm³/mol. The van der Waals surface area contributed by atoms with E-state index >= 15 is 0 Å². The first-order chi connectivity index (χ1) is 8.33.